The Morgan fingerprint density at radius 3 is 2.56 bits per heavy atom. The highest BCUT2D eigenvalue weighted by Crippen LogP contribution is 2.14. The van der Waals surface area contributed by atoms with Gasteiger partial charge in [0.15, 0.2) is 0 Å². The van der Waals surface area contributed by atoms with E-state index in [4.69, 9.17) is 0 Å². The normalized spacial score (nSPS) is 10.8. The maximum Gasteiger partial charge on any atom is 0.337 e. The number of methoxy groups -OCH3 is 1. The molecule has 128 valence electrons. The third kappa shape index (κ3) is 3.28. The molecule has 0 fully saturated rings. The van der Waals surface area contributed by atoms with Crippen molar-refractivity contribution in [2.75, 3.05) is 7.11 Å². The van der Waals surface area contributed by atoms with Crippen LogP contribution in [0.2, 0.25) is 0 Å². The molecule has 25 heavy (non-hydrogen) atoms. The molecule has 6 heteroatoms. The Kier molecular flexibility index (Phi) is 4.61. The molecule has 0 aliphatic carbocycles. The third-order valence-electron chi connectivity index (χ3n) is 4.05. The van der Waals surface area contributed by atoms with Gasteiger partial charge in [-0.1, -0.05) is 12.1 Å². The van der Waals surface area contributed by atoms with E-state index in [1.54, 1.807) is 24.3 Å². The number of nitrogens with zero attached hydrogens (tertiary/aromatic N) is 2. The van der Waals surface area contributed by atoms with Crippen LogP contribution in [0.1, 0.15) is 28.7 Å². The number of carbonyl (C=O) groups excluding carboxylic acids is 1. The van der Waals surface area contributed by atoms with E-state index in [9.17, 15) is 14.0 Å². The number of fused-ring (bicyclic) bond motifs is 1. The Balaban J connectivity index is 2.02. The van der Waals surface area contributed by atoms with Gasteiger partial charge in [0.05, 0.1) is 23.6 Å². The number of hydrogen-bond donors (Lipinski definition) is 0. The van der Waals surface area contributed by atoms with Crippen LogP contribution in [0.25, 0.3) is 10.9 Å². The Morgan fingerprint density at radius 1 is 1.20 bits per heavy atom. The average Bonchev–Trinajstić information content (AvgIpc) is 2.63. The Hall–Kier alpha value is -3.02. The smallest absolute Gasteiger partial charge is 0.337 e. The van der Waals surface area contributed by atoms with Crippen LogP contribution in [-0.4, -0.2) is 22.6 Å². The lowest BCUT2D eigenvalue weighted by Gasteiger charge is -2.12. The van der Waals surface area contributed by atoms with Crippen LogP contribution >= 0.6 is 0 Å². The third-order valence-corrected chi connectivity index (χ3v) is 4.05. The first kappa shape index (κ1) is 16.8. The van der Waals surface area contributed by atoms with Crippen LogP contribution in [0.3, 0.4) is 0 Å². The zero-order valence-corrected chi connectivity index (χ0v) is 14.0. The van der Waals surface area contributed by atoms with Gasteiger partial charge in [-0.25, -0.2) is 14.2 Å². The van der Waals surface area contributed by atoms with Gasteiger partial charge in [0.2, 0.25) is 0 Å². The van der Waals surface area contributed by atoms with Crippen LogP contribution in [0, 0.1) is 5.82 Å². The van der Waals surface area contributed by atoms with E-state index in [1.807, 2.05) is 6.92 Å². The van der Waals surface area contributed by atoms with Crippen LogP contribution in [-0.2, 0) is 17.7 Å². The van der Waals surface area contributed by atoms with E-state index in [2.05, 4.69) is 9.72 Å². The number of benzene rings is 2. The maximum absolute atomic E-state index is 13.4. The van der Waals surface area contributed by atoms with Gasteiger partial charge in [-0.2, -0.15) is 0 Å². The van der Waals surface area contributed by atoms with Gasteiger partial charge in [-0.15, -0.1) is 0 Å². The van der Waals surface area contributed by atoms with Crippen molar-refractivity contribution in [3.8, 4) is 0 Å². The van der Waals surface area contributed by atoms with Gasteiger partial charge >= 0.3 is 5.97 Å². The predicted molar refractivity (Wildman–Crippen MR) is 92.2 cm³/mol. The number of halogens is 1. The summed E-state index contributed by atoms with van der Waals surface area (Å²) in [5.74, 6) is -0.263. The molecule has 0 unspecified atom stereocenters. The fraction of sp³-hybridized carbons (Fsp3) is 0.211. The lowest BCUT2D eigenvalue weighted by Crippen LogP contribution is -2.25. The molecule has 3 rings (SSSR count). The predicted octanol–water partition coefficient (Wildman–Crippen LogP) is 2.93. The highest BCUT2D eigenvalue weighted by atomic mass is 19.1. The van der Waals surface area contributed by atoms with Crippen molar-refractivity contribution in [1.82, 2.24) is 9.55 Å². The second kappa shape index (κ2) is 6.84. The average molecular weight is 340 g/mol. The summed E-state index contributed by atoms with van der Waals surface area (Å²) in [6.07, 6.45) is 0.428. The summed E-state index contributed by atoms with van der Waals surface area (Å²) in [5.41, 5.74) is 1.58. The second-order valence-corrected chi connectivity index (χ2v) is 5.60. The molecule has 0 aliphatic heterocycles. The molecular weight excluding hydrogens is 323 g/mol. The van der Waals surface area contributed by atoms with Crippen molar-refractivity contribution < 1.29 is 13.9 Å². The SMILES string of the molecule is CCn1c(Cc2ccc(C(=O)OC)cc2)nc2ccc(F)cc2c1=O. The van der Waals surface area contributed by atoms with Gasteiger partial charge < -0.3 is 4.74 Å². The van der Waals surface area contributed by atoms with E-state index < -0.39 is 11.8 Å². The van der Waals surface area contributed by atoms with Crippen LogP contribution in [0.5, 0.6) is 0 Å². The first-order valence-corrected chi connectivity index (χ1v) is 7.89. The van der Waals surface area contributed by atoms with Gasteiger partial charge in [0.25, 0.3) is 5.56 Å². The Morgan fingerprint density at radius 2 is 1.92 bits per heavy atom. The number of esters is 1. The standard InChI is InChI=1S/C19H17FN2O3/c1-3-22-17(10-12-4-6-13(7-5-12)19(24)25-2)21-16-9-8-14(20)11-15(16)18(22)23/h4-9,11H,3,10H2,1-2H3. The zero-order valence-electron chi connectivity index (χ0n) is 14.0. The molecule has 0 bridgehead atoms. The molecule has 0 saturated carbocycles. The summed E-state index contributed by atoms with van der Waals surface area (Å²) in [4.78, 5) is 28.6. The number of rotatable bonds is 4. The van der Waals surface area contributed by atoms with E-state index in [-0.39, 0.29) is 10.9 Å². The minimum atomic E-state index is -0.458. The Bertz CT molecular complexity index is 994. The van der Waals surface area contributed by atoms with Crippen molar-refractivity contribution in [2.45, 2.75) is 19.9 Å². The molecule has 0 amide bonds. The second-order valence-electron chi connectivity index (χ2n) is 5.60. The molecule has 0 N–H and O–H groups in total. The van der Waals surface area contributed by atoms with Crippen LogP contribution in [0.4, 0.5) is 4.39 Å². The number of aromatic nitrogens is 2. The molecule has 0 spiro atoms. The molecule has 0 atom stereocenters. The maximum atomic E-state index is 13.4. The highest BCUT2D eigenvalue weighted by Gasteiger charge is 2.12. The molecule has 3 aromatic rings. The van der Waals surface area contributed by atoms with Gasteiger partial charge in [-0.05, 0) is 42.8 Å². The van der Waals surface area contributed by atoms with Gasteiger partial charge in [-0.3, -0.25) is 9.36 Å². The number of ether oxygens (including phenoxy) is 1. The molecule has 1 heterocycles. The number of hydrogen-bond acceptors (Lipinski definition) is 4. The van der Waals surface area contributed by atoms with E-state index in [0.717, 1.165) is 5.56 Å². The Labute approximate surface area is 143 Å². The van der Waals surface area contributed by atoms with Crippen molar-refractivity contribution in [2.24, 2.45) is 0 Å². The summed E-state index contributed by atoms with van der Waals surface area (Å²) >= 11 is 0. The highest BCUT2D eigenvalue weighted by molar-refractivity contribution is 5.89. The monoisotopic (exact) mass is 340 g/mol. The van der Waals surface area contributed by atoms with Gasteiger partial charge in [0, 0.05) is 13.0 Å². The minimum absolute atomic E-state index is 0.256. The van der Waals surface area contributed by atoms with Crippen molar-refractivity contribution >= 4 is 16.9 Å². The van der Waals surface area contributed by atoms with E-state index in [1.165, 1.54) is 29.9 Å². The molecular formula is C19H17FN2O3. The van der Waals surface area contributed by atoms with E-state index >= 15 is 0 Å². The van der Waals surface area contributed by atoms with Crippen molar-refractivity contribution in [3.63, 3.8) is 0 Å². The molecule has 0 radical (unpaired) electrons. The molecule has 2 aromatic carbocycles. The lowest BCUT2D eigenvalue weighted by molar-refractivity contribution is 0.0600. The largest absolute Gasteiger partial charge is 0.465 e. The zero-order chi connectivity index (χ0) is 18.0. The number of carbonyl (C=O) groups is 1. The fourth-order valence-corrected chi connectivity index (χ4v) is 2.76. The van der Waals surface area contributed by atoms with Gasteiger partial charge in [0.1, 0.15) is 11.6 Å². The van der Waals surface area contributed by atoms with E-state index in [0.29, 0.717) is 29.9 Å². The fourth-order valence-electron chi connectivity index (χ4n) is 2.76. The summed E-state index contributed by atoms with van der Waals surface area (Å²) in [5, 5.41) is 0.270. The van der Waals surface area contributed by atoms with Crippen LogP contribution in [0.15, 0.2) is 47.3 Å². The molecule has 1 aromatic heterocycles. The topological polar surface area (TPSA) is 61.2 Å². The van der Waals surface area contributed by atoms with Crippen molar-refractivity contribution in [3.05, 3.63) is 75.6 Å². The summed E-state index contributed by atoms with van der Waals surface area (Å²) < 4.78 is 19.6. The van der Waals surface area contributed by atoms with Crippen molar-refractivity contribution in [1.29, 1.82) is 0 Å². The first-order chi connectivity index (χ1) is 12.0. The molecule has 0 aliphatic rings. The quantitative estimate of drug-likeness (QED) is 0.685. The molecule has 0 saturated heterocycles. The summed E-state index contributed by atoms with van der Waals surface area (Å²) in [6.45, 7) is 2.28. The summed E-state index contributed by atoms with van der Waals surface area (Å²) in [6, 6.07) is 11.0. The summed E-state index contributed by atoms with van der Waals surface area (Å²) in [7, 11) is 1.33. The minimum Gasteiger partial charge on any atom is -0.465 e. The molecule has 5 nitrogen and oxygen atoms in total. The first-order valence-electron chi connectivity index (χ1n) is 7.89. The van der Waals surface area contributed by atoms with Crippen LogP contribution < -0.4 is 5.56 Å². The lowest BCUT2D eigenvalue weighted by atomic mass is 10.1.